The standard InChI is InChI=1S/C16H14Cl2O2/c1-7-5-9(3)12(15(20)16(17)18)13-11(7)8(2)6-10(4)14(13)19/h5-6,16H,2H2,1,3-4H3. The zero-order valence-electron chi connectivity index (χ0n) is 11.5. The molecule has 4 heteroatoms. The van der Waals surface area contributed by atoms with Crippen LogP contribution in [0.3, 0.4) is 0 Å². The van der Waals surface area contributed by atoms with Gasteiger partial charge >= 0.3 is 0 Å². The number of fused-ring (bicyclic) bond motifs is 1. The molecule has 1 aliphatic rings. The Morgan fingerprint density at radius 2 is 1.75 bits per heavy atom. The molecule has 0 atom stereocenters. The van der Waals surface area contributed by atoms with Crippen molar-refractivity contribution in [2.45, 2.75) is 25.6 Å². The average molecular weight is 309 g/mol. The zero-order valence-corrected chi connectivity index (χ0v) is 13.0. The minimum Gasteiger partial charge on any atom is -0.291 e. The first-order valence-electron chi connectivity index (χ1n) is 6.14. The summed E-state index contributed by atoms with van der Waals surface area (Å²) < 4.78 is 0. The summed E-state index contributed by atoms with van der Waals surface area (Å²) in [5.41, 5.74) is 4.29. The van der Waals surface area contributed by atoms with E-state index in [9.17, 15) is 9.59 Å². The second-order valence-electron chi connectivity index (χ2n) is 4.98. The molecule has 0 aromatic heterocycles. The number of alkyl halides is 2. The van der Waals surface area contributed by atoms with E-state index in [1.165, 1.54) is 0 Å². The second-order valence-corrected chi connectivity index (χ2v) is 6.08. The minimum atomic E-state index is -1.19. The lowest BCUT2D eigenvalue weighted by Crippen LogP contribution is -2.21. The lowest BCUT2D eigenvalue weighted by atomic mass is 9.80. The van der Waals surface area contributed by atoms with E-state index in [2.05, 4.69) is 6.58 Å². The van der Waals surface area contributed by atoms with Crippen molar-refractivity contribution in [1.82, 2.24) is 0 Å². The molecular weight excluding hydrogens is 295 g/mol. The van der Waals surface area contributed by atoms with Crippen LogP contribution in [0.1, 0.15) is 44.3 Å². The van der Waals surface area contributed by atoms with Gasteiger partial charge in [0.2, 0.25) is 0 Å². The summed E-state index contributed by atoms with van der Waals surface area (Å²) in [5.74, 6) is -0.616. The monoisotopic (exact) mass is 308 g/mol. The van der Waals surface area contributed by atoms with Crippen LogP contribution in [0.5, 0.6) is 0 Å². The fourth-order valence-electron chi connectivity index (χ4n) is 2.65. The predicted octanol–water partition coefficient (Wildman–Crippen LogP) is 4.45. The largest absolute Gasteiger partial charge is 0.291 e. The number of ketones is 2. The molecule has 0 amide bonds. The van der Waals surface area contributed by atoms with Gasteiger partial charge in [-0.05, 0) is 54.7 Å². The van der Waals surface area contributed by atoms with E-state index in [0.29, 0.717) is 27.8 Å². The number of rotatable bonds is 2. The molecule has 104 valence electrons. The van der Waals surface area contributed by atoms with Gasteiger partial charge in [0.1, 0.15) is 0 Å². The summed E-state index contributed by atoms with van der Waals surface area (Å²) >= 11 is 11.4. The van der Waals surface area contributed by atoms with Gasteiger partial charge in [0.05, 0.1) is 0 Å². The van der Waals surface area contributed by atoms with E-state index in [1.54, 1.807) is 19.9 Å². The van der Waals surface area contributed by atoms with Gasteiger partial charge < -0.3 is 0 Å². The smallest absolute Gasteiger partial charge is 0.196 e. The lowest BCUT2D eigenvalue weighted by Gasteiger charge is -2.22. The number of hydrogen-bond donors (Lipinski definition) is 0. The van der Waals surface area contributed by atoms with Gasteiger partial charge in [-0.3, -0.25) is 9.59 Å². The van der Waals surface area contributed by atoms with Crippen molar-refractivity contribution >= 4 is 40.3 Å². The van der Waals surface area contributed by atoms with Crippen molar-refractivity contribution in [3.8, 4) is 0 Å². The molecule has 1 aromatic carbocycles. The van der Waals surface area contributed by atoms with E-state index in [1.807, 2.05) is 13.0 Å². The van der Waals surface area contributed by atoms with Gasteiger partial charge in [0, 0.05) is 11.1 Å². The fourth-order valence-corrected chi connectivity index (χ4v) is 2.87. The average Bonchev–Trinajstić information content (AvgIpc) is 2.34. The van der Waals surface area contributed by atoms with E-state index in [4.69, 9.17) is 23.2 Å². The van der Waals surface area contributed by atoms with Crippen LogP contribution in [0, 0.1) is 13.8 Å². The van der Waals surface area contributed by atoms with Gasteiger partial charge in [-0.25, -0.2) is 0 Å². The molecule has 0 aliphatic heterocycles. The molecule has 0 fully saturated rings. The molecule has 1 aromatic rings. The fraction of sp³-hybridized carbons (Fsp3) is 0.250. The van der Waals surface area contributed by atoms with Gasteiger partial charge in [-0.2, -0.15) is 0 Å². The Bertz CT molecular complexity index is 682. The summed E-state index contributed by atoms with van der Waals surface area (Å²) in [5, 5.41) is 0. The number of halogens is 2. The third-order valence-corrected chi connectivity index (χ3v) is 3.86. The van der Waals surface area contributed by atoms with E-state index < -0.39 is 10.6 Å². The number of carbonyl (C=O) groups excluding carboxylic acids is 2. The molecule has 0 saturated heterocycles. The molecule has 1 aliphatic carbocycles. The molecule has 0 radical (unpaired) electrons. The highest BCUT2D eigenvalue weighted by Crippen LogP contribution is 2.35. The number of Topliss-reactive ketones (excluding diaryl/α,β-unsaturated/α-hetero) is 2. The van der Waals surface area contributed by atoms with Gasteiger partial charge in [-0.15, -0.1) is 0 Å². The second kappa shape index (κ2) is 5.19. The van der Waals surface area contributed by atoms with Crippen LogP contribution in [0.25, 0.3) is 5.57 Å². The third-order valence-electron chi connectivity index (χ3n) is 3.46. The Kier molecular flexibility index (Phi) is 3.90. The van der Waals surface area contributed by atoms with Crippen LogP contribution in [-0.2, 0) is 0 Å². The Morgan fingerprint density at radius 3 is 2.30 bits per heavy atom. The quantitative estimate of drug-likeness (QED) is 0.597. The summed E-state index contributed by atoms with van der Waals surface area (Å²) in [6.45, 7) is 9.35. The molecule has 2 rings (SSSR count). The summed E-state index contributed by atoms with van der Waals surface area (Å²) in [6, 6.07) is 1.86. The molecule has 0 saturated carbocycles. The maximum Gasteiger partial charge on any atom is 0.196 e. The lowest BCUT2D eigenvalue weighted by molar-refractivity contribution is 0.0983. The van der Waals surface area contributed by atoms with Crippen LogP contribution in [0.2, 0.25) is 0 Å². The van der Waals surface area contributed by atoms with Gasteiger partial charge in [-0.1, -0.05) is 35.8 Å². The van der Waals surface area contributed by atoms with E-state index >= 15 is 0 Å². The van der Waals surface area contributed by atoms with Crippen molar-refractivity contribution < 1.29 is 9.59 Å². The van der Waals surface area contributed by atoms with E-state index in [-0.39, 0.29) is 5.78 Å². The first-order valence-corrected chi connectivity index (χ1v) is 7.01. The van der Waals surface area contributed by atoms with Crippen molar-refractivity contribution in [3.63, 3.8) is 0 Å². The topological polar surface area (TPSA) is 34.1 Å². The van der Waals surface area contributed by atoms with Crippen molar-refractivity contribution in [2.24, 2.45) is 0 Å². The Hall–Kier alpha value is -1.38. The summed E-state index contributed by atoms with van der Waals surface area (Å²) in [6.07, 6.45) is 1.74. The highest BCUT2D eigenvalue weighted by molar-refractivity contribution is 6.55. The third kappa shape index (κ3) is 2.23. The Balaban J connectivity index is 2.87. The molecule has 0 bridgehead atoms. The van der Waals surface area contributed by atoms with Gasteiger partial charge in [0.15, 0.2) is 16.4 Å². The maximum absolute atomic E-state index is 12.5. The van der Waals surface area contributed by atoms with Crippen LogP contribution in [-0.4, -0.2) is 16.4 Å². The predicted molar refractivity (Wildman–Crippen MR) is 82.9 cm³/mol. The highest BCUT2D eigenvalue weighted by Gasteiger charge is 2.30. The summed E-state index contributed by atoms with van der Waals surface area (Å²) in [4.78, 5) is 23.5. The number of aryl methyl sites for hydroxylation is 2. The first kappa shape index (κ1) is 15.0. The normalized spacial score (nSPS) is 14.4. The number of carbonyl (C=O) groups is 2. The molecule has 0 heterocycles. The zero-order chi connectivity index (χ0) is 15.2. The molecule has 0 unspecified atom stereocenters. The molecule has 20 heavy (non-hydrogen) atoms. The highest BCUT2D eigenvalue weighted by atomic mass is 35.5. The molecular formula is C16H14Cl2O2. The number of allylic oxidation sites excluding steroid dienone is 3. The Labute approximate surface area is 128 Å². The van der Waals surface area contributed by atoms with Gasteiger partial charge in [0.25, 0.3) is 0 Å². The Morgan fingerprint density at radius 1 is 1.15 bits per heavy atom. The van der Waals surface area contributed by atoms with Crippen LogP contribution < -0.4 is 0 Å². The number of hydrogen-bond acceptors (Lipinski definition) is 2. The van der Waals surface area contributed by atoms with Crippen LogP contribution in [0.15, 0.2) is 24.3 Å². The molecule has 0 spiro atoms. The number of benzene rings is 1. The van der Waals surface area contributed by atoms with E-state index in [0.717, 1.165) is 11.1 Å². The van der Waals surface area contributed by atoms with Crippen molar-refractivity contribution in [2.75, 3.05) is 0 Å². The SMILES string of the molecule is C=C1C=C(C)C(=O)c2c1c(C)cc(C)c2C(=O)C(Cl)Cl. The summed E-state index contributed by atoms with van der Waals surface area (Å²) in [7, 11) is 0. The molecule has 2 nitrogen and oxygen atoms in total. The minimum absolute atomic E-state index is 0.170. The van der Waals surface area contributed by atoms with Crippen LogP contribution in [0.4, 0.5) is 0 Å². The van der Waals surface area contributed by atoms with Crippen molar-refractivity contribution in [3.05, 3.63) is 52.1 Å². The van der Waals surface area contributed by atoms with Crippen LogP contribution >= 0.6 is 23.2 Å². The maximum atomic E-state index is 12.5. The first-order chi connectivity index (χ1) is 9.25. The van der Waals surface area contributed by atoms with Crippen molar-refractivity contribution in [1.29, 1.82) is 0 Å². The molecule has 0 N–H and O–H groups in total.